The van der Waals surface area contributed by atoms with Gasteiger partial charge in [-0.3, -0.25) is 4.79 Å². The molecule has 0 aliphatic rings. The highest BCUT2D eigenvalue weighted by Gasteiger charge is 2.25. The molecule has 0 bridgehead atoms. The van der Waals surface area contributed by atoms with Crippen LogP contribution < -0.4 is 0 Å². The van der Waals surface area contributed by atoms with Crippen molar-refractivity contribution < 1.29 is 4.79 Å². The lowest BCUT2D eigenvalue weighted by molar-refractivity contribution is -0.125. The van der Waals surface area contributed by atoms with Crippen molar-refractivity contribution >= 4 is 13.6 Å². The highest BCUT2D eigenvalue weighted by Crippen LogP contribution is 2.20. The first kappa shape index (κ1) is 9.22. The van der Waals surface area contributed by atoms with E-state index in [-0.39, 0.29) is 5.78 Å². The van der Waals surface area contributed by atoms with Gasteiger partial charge in [0.2, 0.25) is 0 Å². The fraction of sp³-hybridized carbons (Fsp3) is 0.714. The molecule has 0 fully saturated rings. The molecule has 1 atom stereocenters. The summed E-state index contributed by atoms with van der Waals surface area (Å²) in [5, 5.41) is 8.27. The maximum Gasteiger partial charge on any atom is 0.146 e. The Bertz CT molecular complexity index is 175. The van der Waals surface area contributed by atoms with Crippen LogP contribution in [0.5, 0.6) is 0 Å². The number of carbonyl (C=O) groups is 1. The molecule has 0 amide bonds. The SMILES string of the molecule is [B]C(C#N)C(=O)C(C)(C)C. The van der Waals surface area contributed by atoms with Crippen molar-refractivity contribution in [3.63, 3.8) is 0 Å². The Labute approximate surface area is 62.6 Å². The van der Waals surface area contributed by atoms with Crippen molar-refractivity contribution in [2.45, 2.75) is 26.6 Å². The number of rotatable bonds is 1. The molecule has 0 heterocycles. The predicted octanol–water partition coefficient (Wildman–Crippen LogP) is 1.08. The van der Waals surface area contributed by atoms with Crippen LogP contribution in [0.25, 0.3) is 0 Å². The second-order valence-corrected chi connectivity index (χ2v) is 3.22. The van der Waals surface area contributed by atoms with Gasteiger partial charge in [-0.25, -0.2) is 0 Å². The van der Waals surface area contributed by atoms with Gasteiger partial charge in [-0.15, -0.1) is 0 Å². The van der Waals surface area contributed by atoms with Crippen LogP contribution in [-0.4, -0.2) is 13.6 Å². The summed E-state index contributed by atoms with van der Waals surface area (Å²) in [5.74, 6) is -1.19. The zero-order valence-electron chi connectivity index (χ0n) is 6.51. The minimum absolute atomic E-state index is 0.213. The monoisotopic (exact) mass is 135 g/mol. The van der Waals surface area contributed by atoms with E-state index in [0.29, 0.717) is 0 Å². The maximum absolute atomic E-state index is 11.0. The van der Waals surface area contributed by atoms with Gasteiger partial charge in [0.25, 0.3) is 0 Å². The average Bonchev–Trinajstić information content (AvgIpc) is 1.83. The van der Waals surface area contributed by atoms with Crippen LogP contribution >= 0.6 is 0 Å². The summed E-state index contributed by atoms with van der Waals surface area (Å²) in [5.41, 5.74) is -0.505. The van der Waals surface area contributed by atoms with E-state index in [0.717, 1.165) is 0 Å². The summed E-state index contributed by atoms with van der Waals surface area (Å²) in [4.78, 5) is 11.0. The van der Waals surface area contributed by atoms with Crippen molar-refractivity contribution in [2.75, 3.05) is 0 Å². The molecule has 2 radical (unpaired) electrons. The third kappa shape index (κ3) is 2.22. The van der Waals surface area contributed by atoms with E-state index in [9.17, 15) is 4.79 Å². The highest BCUT2D eigenvalue weighted by atomic mass is 16.1. The number of nitriles is 1. The van der Waals surface area contributed by atoms with Crippen LogP contribution in [0.2, 0.25) is 5.82 Å². The van der Waals surface area contributed by atoms with E-state index < -0.39 is 11.2 Å². The molecule has 3 heteroatoms. The molecule has 0 saturated heterocycles. The third-order valence-electron chi connectivity index (χ3n) is 1.16. The molecule has 52 valence electrons. The van der Waals surface area contributed by atoms with Crippen molar-refractivity contribution in [3.8, 4) is 6.07 Å². The molecule has 0 N–H and O–H groups in total. The van der Waals surface area contributed by atoms with Crippen molar-refractivity contribution in [1.29, 1.82) is 5.26 Å². The summed E-state index contributed by atoms with van der Waals surface area (Å²) < 4.78 is 0. The first-order chi connectivity index (χ1) is 4.39. The Kier molecular flexibility index (Phi) is 2.65. The van der Waals surface area contributed by atoms with Gasteiger partial charge in [-0.2, -0.15) is 5.26 Å². The van der Waals surface area contributed by atoms with Crippen LogP contribution in [0, 0.1) is 16.7 Å². The largest absolute Gasteiger partial charge is 0.299 e. The van der Waals surface area contributed by atoms with E-state index in [4.69, 9.17) is 13.1 Å². The van der Waals surface area contributed by atoms with E-state index >= 15 is 0 Å². The molecule has 0 spiro atoms. The molecule has 0 aromatic carbocycles. The summed E-state index contributed by atoms with van der Waals surface area (Å²) in [7, 11) is 5.19. The van der Waals surface area contributed by atoms with E-state index in [1.807, 2.05) is 0 Å². The molecule has 0 aromatic rings. The summed E-state index contributed by atoms with van der Waals surface area (Å²) in [6.07, 6.45) is 0. The Balaban J connectivity index is 4.27. The lowest BCUT2D eigenvalue weighted by atomic mass is 9.74. The zero-order chi connectivity index (χ0) is 8.36. The smallest absolute Gasteiger partial charge is 0.146 e. The number of carbonyl (C=O) groups excluding carboxylic acids is 1. The average molecular weight is 135 g/mol. The van der Waals surface area contributed by atoms with Gasteiger partial charge in [0.15, 0.2) is 0 Å². The van der Waals surface area contributed by atoms with Gasteiger partial charge in [0.1, 0.15) is 13.6 Å². The van der Waals surface area contributed by atoms with Crippen LogP contribution in [-0.2, 0) is 4.79 Å². The van der Waals surface area contributed by atoms with E-state index in [1.165, 1.54) is 0 Å². The number of ketones is 1. The van der Waals surface area contributed by atoms with E-state index in [2.05, 4.69) is 0 Å². The number of hydrogen-bond acceptors (Lipinski definition) is 2. The number of nitrogens with zero attached hydrogens (tertiary/aromatic N) is 1. The standard InChI is InChI=1S/C7H10BNO/c1-7(2,3)6(10)5(8)4-9/h5H,1-3H3. The van der Waals surface area contributed by atoms with Crippen LogP contribution in [0.3, 0.4) is 0 Å². The molecule has 0 saturated carbocycles. The minimum atomic E-state index is -0.972. The predicted molar refractivity (Wildman–Crippen MR) is 39.6 cm³/mol. The van der Waals surface area contributed by atoms with Gasteiger partial charge >= 0.3 is 0 Å². The van der Waals surface area contributed by atoms with Crippen molar-refractivity contribution in [2.24, 2.45) is 5.41 Å². The second kappa shape index (κ2) is 2.87. The fourth-order valence-corrected chi connectivity index (χ4v) is 0.525. The summed E-state index contributed by atoms with van der Waals surface area (Å²) >= 11 is 0. The van der Waals surface area contributed by atoms with Crippen LogP contribution in [0.15, 0.2) is 0 Å². The summed E-state index contributed by atoms with van der Waals surface area (Å²) in [6.45, 7) is 5.23. The van der Waals surface area contributed by atoms with Gasteiger partial charge in [-0.1, -0.05) is 20.8 Å². The highest BCUT2D eigenvalue weighted by molar-refractivity contribution is 6.27. The van der Waals surface area contributed by atoms with Gasteiger partial charge in [-0.05, 0) is 0 Å². The summed E-state index contributed by atoms with van der Waals surface area (Å²) in [6, 6.07) is 1.70. The first-order valence-corrected chi connectivity index (χ1v) is 3.09. The van der Waals surface area contributed by atoms with Crippen LogP contribution in [0.4, 0.5) is 0 Å². The molecular weight excluding hydrogens is 125 g/mol. The fourth-order valence-electron chi connectivity index (χ4n) is 0.525. The maximum atomic E-state index is 11.0. The Morgan fingerprint density at radius 3 is 2.10 bits per heavy atom. The molecule has 0 aromatic heterocycles. The number of Topliss-reactive ketones (excluding diaryl/α,β-unsaturated/α-hetero) is 1. The second-order valence-electron chi connectivity index (χ2n) is 3.22. The zero-order valence-corrected chi connectivity index (χ0v) is 6.51. The van der Waals surface area contributed by atoms with Gasteiger partial charge in [0.05, 0.1) is 11.9 Å². The topological polar surface area (TPSA) is 40.9 Å². The normalized spacial score (nSPS) is 13.8. The molecule has 0 aliphatic heterocycles. The van der Waals surface area contributed by atoms with E-state index in [1.54, 1.807) is 26.8 Å². The molecular formula is C7H10BNO. The molecule has 0 aliphatic carbocycles. The minimum Gasteiger partial charge on any atom is -0.299 e. The Morgan fingerprint density at radius 1 is 1.60 bits per heavy atom. The molecule has 1 unspecified atom stereocenters. The van der Waals surface area contributed by atoms with Gasteiger partial charge in [0, 0.05) is 5.41 Å². The van der Waals surface area contributed by atoms with Gasteiger partial charge < -0.3 is 0 Å². The first-order valence-electron chi connectivity index (χ1n) is 3.09. The third-order valence-corrected chi connectivity index (χ3v) is 1.16. The van der Waals surface area contributed by atoms with Crippen LogP contribution in [0.1, 0.15) is 20.8 Å². The Hall–Kier alpha value is -0.775. The Morgan fingerprint density at radius 2 is 2.00 bits per heavy atom. The number of hydrogen-bond donors (Lipinski definition) is 0. The lowest BCUT2D eigenvalue weighted by Gasteiger charge is -2.17. The van der Waals surface area contributed by atoms with Crippen molar-refractivity contribution in [1.82, 2.24) is 0 Å². The molecule has 0 rings (SSSR count). The molecule has 2 nitrogen and oxygen atoms in total. The van der Waals surface area contributed by atoms with Crippen molar-refractivity contribution in [3.05, 3.63) is 0 Å². The lowest BCUT2D eigenvalue weighted by Crippen LogP contribution is -2.24. The molecule has 10 heavy (non-hydrogen) atoms. The quantitative estimate of drug-likeness (QED) is 0.504.